The number of unbranched alkanes of at least 4 members (excludes halogenated alkanes) is 21. The molecule has 0 amide bonds. The fourth-order valence-corrected chi connectivity index (χ4v) is 6.57. The molecule has 10 heteroatoms. The number of aliphatic hydroxyl groups excluding tert-OH is 4. The van der Waals surface area contributed by atoms with Crippen LogP contribution in [0.25, 0.3) is 0 Å². The smallest absolute Gasteiger partial charge is 0.306 e. The van der Waals surface area contributed by atoms with Crippen LogP contribution in [0.1, 0.15) is 187 Å². The molecule has 0 radical (unpaired) electrons. The molecule has 1 aliphatic heterocycles. The third-order valence-electron chi connectivity index (χ3n) is 10.1. The van der Waals surface area contributed by atoms with E-state index >= 15 is 0 Å². The molecule has 10 nitrogen and oxygen atoms in total. The fourth-order valence-electron chi connectivity index (χ4n) is 6.57. The summed E-state index contributed by atoms with van der Waals surface area (Å²) in [5.74, 6) is -0.815. The van der Waals surface area contributed by atoms with E-state index in [-0.39, 0.29) is 32.0 Å². The highest BCUT2D eigenvalue weighted by atomic mass is 16.7. The second-order valence-electron chi connectivity index (χ2n) is 15.2. The van der Waals surface area contributed by atoms with Gasteiger partial charge in [0.1, 0.15) is 31.0 Å². The minimum absolute atomic E-state index is 0.216. The van der Waals surface area contributed by atoms with Crippen molar-refractivity contribution in [2.24, 2.45) is 0 Å². The lowest BCUT2D eigenvalue weighted by atomic mass is 9.99. The Kier molecular flexibility index (Phi) is 33.1. The lowest BCUT2D eigenvalue weighted by Gasteiger charge is -2.39. The van der Waals surface area contributed by atoms with Crippen LogP contribution in [0.4, 0.5) is 0 Å². The van der Waals surface area contributed by atoms with Crippen molar-refractivity contribution in [2.75, 3.05) is 19.8 Å². The van der Waals surface area contributed by atoms with Crippen molar-refractivity contribution in [3.8, 4) is 0 Å². The molecule has 316 valence electrons. The molecule has 6 unspecified atom stereocenters. The average molecular weight is 769 g/mol. The largest absolute Gasteiger partial charge is 0.462 e. The summed E-state index contributed by atoms with van der Waals surface area (Å²) in [7, 11) is 0. The van der Waals surface area contributed by atoms with E-state index in [0.29, 0.717) is 6.42 Å². The van der Waals surface area contributed by atoms with E-state index in [0.717, 1.165) is 57.8 Å². The summed E-state index contributed by atoms with van der Waals surface area (Å²) < 4.78 is 22.0. The van der Waals surface area contributed by atoms with E-state index in [1.165, 1.54) is 96.3 Å². The Hall–Kier alpha value is -1.82. The van der Waals surface area contributed by atoms with Gasteiger partial charge in [-0.2, -0.15) is 0 Å². The first kappa shape index (κ1) is 50.2. The first-order valence-corrected chi connectivity index (χ1v) is 21.9. The van der Waals surface area contributed by atoms with Gasteiger partial charge in [0, 0.05) is 12.8 Å². The van der Waals surface area contributed by atoms with E-state index in [9.17, 15) is 30.0 Å². The number of carbonyl (C=O) groups is 2. The Bertz CT molecular complexity index is 938. The molecule has 0 aromatic carbocycles. The van der Waals surface area contributed by atoms with E-state index in [2.05, 4.69) is 38.2 Å². The van der Waals surface area contributed by atoms with Crippen molar-refractivity contribution in [3.05, 3.63) is 24.3 Å². The maximum absolute atomic E-state index is 12.7. The van der Waals surface area contributed by atoms with Gasteiger partial charge in [-0.3, -0.25) is 9.59 Å². The molecule has 6 atom stereocenters. The minimum atomic E-state index is -1.59. The van der Waals surface area contributed by atoms with Crippen LogP contribution in [-0.4, -0.2) is 89.0 Å². The molecule has 1 fully saturated rings. The van der Waals surface area contributed by atoms with E-state index < -0.39 is 49.4 Å². The number of ether oxygens (including phenoxy) is 4. The molecular formula is C44H80O10. The van der Waals surface area contributed by atoms with Gasteiger partial charge in [-0.1, -0.05) is 154 Å². The van der Waals surface area contributed by atoms with Crippen LogP contribution in [0, 0.1) is 0 Å². The van der Waals surface area contributed by atoms with E-state index in [4.69, 9.17) is 18.9 Å². The summed E-state index contributed by atoms with van der Waals surface area (Å²) in [6, 6.07) is 0. The van der Waals surface area contributed by atoms with Crippen LogP contribution in [0.2, 0.25) is 0 Å². The van der Waals surface area contributed by atoms with Gasteiger partial charge >= 0.3 is 11.9 Å². The zero-order valence-corrected chi connectivity index (χ0v) is 34.2. The van der Waals surface area contributed by atoms with Crippen LogP contribution in [0.3, 0.4) is 0 Å². The zero-order valence-electron chi connectivity index (χ0n) is 34.2. The number of carbonyl (C=O) groups excluding carboxylic acids is 2. The molecule has 0 spiro atoms. The zero-order chi connectivity index (χ0) is 39.5. The van der Waals surface area contributed by atoms with Crippen molar-refractivity contribution in [3.63, 3.8) is 0 Å². The molecule has 0 aliphatic carbocycles. The summed E-state index contributed by atoms with van der Waals surface area (Å²) in [5.41, 5.74) is 0. The van der Waals surface area contributed by atoms with Crippen molar-refractivity contribution in [1.82, 2.24) is 0 Å². The molecule has 54 heavy (non-hydrogen) atoms. The van der Waals surface area contributed by atoms with Crippen molar-refractivity contribution < 1.29 is 49.0 Å². The van der Waals surface area contributed by atoms with Gasteiger partial charge in [-0.05, 0) is 44.9 Å². The number of allylic oxidation sites excluding steroid dienone is 4. The Labute approximate surface area is 328 Å². The van der Waals surface area contributed by atoms with Crippen LogP contribution in [0.5, 0.6) is 0 Å². The highest BCUT2D eigenvalue weighted by Crippen LogP contribution is 2.22. The third-order valence-corrected chi connectivity index (χ3v) is 10.1. The molecule has 1 aliphatic rings. The molecule has 0 aromatic rings. The van der Waals surface area contributed by atoms with Gasteiger partial charge in [0.25, 0.3) is 0 Å². The first-order valence-electron chi connectivity index (χ1n) is 21.9. The number of esters is 2. The monoisotopic (exact) mass is 769 g/mol. The molecule has 0 aromatic heterocycles. The van der Waals surface area contributed by atoms with Crippen LogP contribution < -0.4 is 0 Å². The number of rotatable bonds is 36. The maximum Gasteiger partial charge on any atom is 0.306 e. The third kappa shape index (κ3) is 26.9. The fraction of sp³-hybridized carbons (Fsp3) is 0.864. The average Bonchev–Trinajstić information content (AvgIpc) is 3.17. The van der Waals surface area contributed by atoms with Crippen molar-refractivity contribution in [2.45, 2.75) is 224 Å². The van der Waals surface area contributed by atoms with Gasteiger partial charge in [0.2, 0.25) is 0 Å². The molecule has 1 rings (SSSR count). The Balaban J connectivity index is 2.21. The van der Waals surface area contributed by atoms with E-state index in [1.54, 1.807) is 0 Å². The highest BCUT2D eigenvalue weighted by Gasteiger charge is 2.44. The predicted octanol–water partition coefficient (Wildman–Crippen LogP) is 8.94. The SMILES string of the molecule is CCCCCCC/C=C\C/C=C\CCCCCCCCCCCCCC(=O)OC(COC(=O)CCCCCCCC)COC1OC(CO)C(O)C(O)C1O. The molecule has 1 saturated heterocycles. The summed E-state index contributed by atoms with van der Waals surface area (Å²) in [5, 5.41) is 39.9. The summed E-state index contributed by atoms with van der Waals surface area (Å²) in [6.45, 7) is 3.34. The van der Waals surface area contributed by atoms with Gasteiger partial charge in [-0.15, -0.1) is 0 Å². The summed E-state index contributed by atoms with van der Waals surface area (Å²) in [4.78, 5) is 25.1. The molecule has 0 bridgehead atoms. The summed E-state index contributed by atoms with van der Waals surface area (Å²) >= 11 is 0. The van der Waals surface area contributed by atoms with Crippen LogP contribution in [-0.2, 0) is 28.5 Å². The number of hydrogen-bond donors (Lipinski definition) is 4. The molecule has 1 heterocycles. The first-order chi connectivity index (χ1) is 26.3. The minimum Gasteiger partial charge on any atom is -0.462 e. The van der Waals surface area contributed by atoms with Gasteiger partial charge in [-0.25, -0.2) is 0 Å². The standard InChI is InChI=1S/C44H80O10/c1-3-5-7-9-11-12-13-14-15-16-17-18-19-20-21-22-23-24-25-26-27-29-31-33-40(47)53-37(35-51-39(46)32-30-28-10-8-6-4-2)36-52-44-43(50)42(49)41(48)38(34-45)54-44/h13-14,16-17,37-38,41-45,48-50H,3-12,15,18-36H2,1-2H3/b14-13-,17-16-. The van der Waals surface area contributed by atoms with Gasteiger partial charge in [0.05, 0.1) is 13.2 Å². The van der Waals surface area contributed by atoms with Gasteiger partial charge < -0.3 is 39.4 Å². The van der Waals surface area contributed by atoms with Gasteiger partial charge in [0.15, 0.2) is 12.4 Å². The van der Waals surface area contributed by atoms with Crippen LogP contribution in [0.15, 0.2) is 24.3 Å². The second kappa shape index (κ2) is 35.6. The van der Waals surface area contributed by atoms with Crippen molar-refractivity contribution >= 4 is 11.9 Å². The highest BCUT2D eigenvalue weighted by molar-refractivity contribution is 5.70. The lowest BCUT2D eigenvalue weighted by Crippen LogP contribution is -2.59. The number of hydrogen-bond acceptors (Lipinski definition) is 10. The molecule has 0 saturated carbocycles. The Morgan fingerprint density at radius 3 is 1.54 bits per heavy atom. The summed E-state index contributed by atoms with van der Waals surface area (Å²) in [6.07, 6.45) is 30.8. The van der Waals surface area contributed by atoms with E-state index in [1.807, 2.05) is 0 Å². The Morgan fingerprint density at radius 2 is 1.04 bits per heavy atom. The topological polar surface area (TPSA) is 152 Å². The predicted molar refractivity (Wildman–Crippen MR) is 215 cm³/mol. The maximum atomic E-state index is 12.7. The molecular weight excluding hydrogens is 688 g/mol. The lowest BCUT2D eigenvalue weighted by molar-refractivity contribution is -0.305. The van der Waals surface area contributed by atoms with Crippen molar-refractivity contribution in [1.29, 1.82) is 0 Å². The second-order valence-corrected chi connectivity index (χ2v) is 15.2. The molecule has 4 N–H and O–H groups in total. The normalized spacial score (nSPS) is 20.9. The quantitative estimate of drug-likeness (QED) is 0.0276. The number of aliphatic hydroxyl groups is 4. The van der Waals surface area contributed by atoms with Crippen LogP contribution >= 0.6 is 0 Å². The Morgan fingerprint density at radius 1 is 0.574 bits per heavy atom.